The Labute approximate surface area is 124 Å². The highest BCUT2D eigenvalue weighted by molar-refractivity contribution is 9.10. The lowest BCUT2D eigenvalue weighted by Gasteiger charge is -2.39. The normalized spacial score (nSPS) is 17.2. The molecule has 2 N–H and O–H groups in total. The molecule has 1 saturated heterocycles. The predicted molar refractivity (Wildman–Crippen MR) is 81.5 cm³/mol. The summed E-state index contributed by atoms with van der Waals surface area (Å²) in [4.78, 5) is 5.99. The molecule has 0 unspecified atom stereocenters. The lowest BCUT2D eigenvalue weighted by Crippen LogP contribution is -2.52. The molecule has 0 radical (unpaired) electrons. The van der Waals surface area contributed by atoms with E-state index in [9.17, 15) is 0 Å². The van der Waals surface area contributed by atoms with Crippen LogP contribution in [0, 0.1) is 6.92 Å². The number of thiazole rings is 1. The average Bonchev–Trinajstić information content (AvgIpc) is 2.72. The highest BCUT2D eigenvalue weighted by Crippen LogP contribution is 2.41. The lowest BCUT2D eigenvalue weighted by atomic mass is 9.83. The number of ether oxygens (including phenoxy) is 1. The van der Waals surface area contributed by atoms with Gasteiger partial charge in [0.25, 0.3) is 0 Å². The summed E-state index contributed by atoms with van der Waals surface area (Å²) in [7, 11) is 0. The van der Waals surface area contributed by atoms with E-state index in [1.54, 1.807) is 11.3 Å². The number of rotatable bonds is 3. The highest BCUT2D eigenvalue weighted by Gasteiger charge is 2.42. The Balaban J connectivity index is 2.05. The van der Waals surface area contributed by atoms with Gasteiger partial charge in [0.05, 0.1) is 24.3 Å². The van der Waals surface area contributed by atoms with Gasteiger partial charge in [0.1, 0.15) is 5.01 Å². The van der Waals surface area contributed by atoms with Gasteiger partial charge in [-0.2, -0.15) is 0 Å². The fourth-order valence-corrected chi connectivity index (χ4v) is 4.21. The van der Waals surface area contributed by atoms with Crippen LogP contribution in [-0.2, 0) is 10.2 Å². The summed E-state index contributed by atoms with van der Waals surface area (Å²) in [5.74, 6) is 0. The summed E-state index contributed by atoms with van der Waals surface area (Å²) in [5, 5.41) is 1.04. The van der Waals surface area contributed by atoms with Crippen LogP contribution in [0.4, 0.5) is 0 Å². The molecule has 0 aliphatic carbocycles. The van der Waals surface area contributed by atoms with Gasteiger partial charge in [-0.3, -0.25) is 0 Å². The van der Waals surface area contributed by atoms with Crippen molar-refractivity contribution in [1.82, 2.24) is 4.98 Å². The zero-order chi connectivity index (χ0) is 13.5. The monoisotopic (exact) mass is 338 g/mol. The van der Waals surface area contributed by atoms with Crippen LogP contribution in [0.25, 0.3) is 10.6 Å². The van der Waals surface area contributed by atoms with Crippen molar-refractivity contribution in [3.63, 3.8) is 0 Å². The Morgan fingerprint density at radius 3 is 2.74 bits per heavy atom. The number of nitrogens with two attached hydrogens (primary N) is 1. The van der Waals surface area contributed by atoms with Crippen molar-refractivity contribution in [3.05, 3.63) is 39.3 Å². The zero-order valence-electron chi connectivity index (χ0n) is 10.6. The largest absolute Gasteiger partial charge is 0.379 e. The van der Waals surface area contributed by atoms with Gasteiger partial charge in [0.2, 0.25) is 0 Å². The average molecular weight is 339 g/mol. The molecular weight excluding hydrogens is 324 g/mol. The highest BCUT2D eigenvalue weighted by atomic mass is 79.9. The fraction of sp³-hybridized carbons (Fsp3) is 0.357. The molecule has 1 aromatic heterocycles. The summed E-state index contributed by atoms with van der Waals surface area (Å²) in [6, 6.07) is 8.16. The minimum Gasteiger partial charge on any atom is -0.379 e. The van der Waals surface area contributed by atoms with Crippen molar-refractivity contribution in [2.45, 2.75) is 12.3 Å². The maximum absolute atomic E-state index is 5.94. The topological polar surface area (TPSA) is 48.1 Å². The standard InChI is InChI=1S/C14H15BrN2OS/c1-9-12(14(6-16)7-18-8-14)19-13(17-9)10-4-2-3-5-11(10)15/h2-5H,6-8,16H2,1H3. The van der Waals surface area contributed by atoms with Gasteiger partial charge >= 0.3 is 0 Å². The SMILES string of the molecule is Cc1nc(-c2ccccc2Br)sc1C1(CN)COC1. The second-order valence-electron chi connectivity index (χ2n) is 4.89. The molecule has 1 aliphatic heterocycles. The van der Waals surface area contributed by atoms with E-state index in [0.717, 1.165) is 20.7 Å². The molecule has 2 heterocycles. The third-order valence-electron chi connectivity index (χ3n) is 3.53. The van der Waals surface area contributed by atoms with Crippen LogP contribution >= 0.6 is 27.3 Å². The van der Waals surface area contributed by atoms with Crippen LogP contribution in [0.15, 0.2) is 28.7 Å². The van der Waals surface area contributed by atoms with Crippen LogP contribution in [0.2, 0.25) is 0 Å². The smallest absolute Gasteiger partial charge is 0.125 e. The van der Waals surface area contributed by atoms with E-state index >= 15 is 0 Å². The first kappa shape index (κ1) is 13.2. The van der Waals surface area contributed by atoms with Crippen molar-refractivity contribution >= 4 is 27.3 Å². The maximum atomic E-state index is 5.94. The van der Waals surface area contributed by atoms with E-state index in [1.165, 1.54) is 4.88 Å². The second kappa shape index (κ2) is 4.98. The summed E-state index contributed by atoms with van der Waals surface area (Å²) in [6.07, 6.45) is 0. The number of aryl methyl sites for hydroxylation is 1. The Morgan fingerprint density at radius 2 is 2.16 bits per heavy atom. The molecule has 1 aromatic carbocycles. The molecule has 5 heteroatoms. The summed E-state index contributed by atoms with van der Waals surface area (Å²) in [5.41, 5.74) is 8.13. The lowest BCUT2D eigenvalue weighted by molar-refractivity contribution is -0.0535. The van der Waals surface area contributed by atoms with Crippen LogP contribution in [0.5, 0.6) is 0 Å². The van der Waals surface area contributed by atoms with E-state index < -0.39 is 0 Å². The van der Waals surface area contributed by atoms with Gasteiger partial charge < -0.3 is 10.5 Å². The molecule has 1 fully saturated rings. The van der Waals surface area contributed by atoms with Gasteiger partial charge in [-0.1, -0.05) is 34.1 Å². The number of aromatic nitrogens is 1. The molecule has 1 aliphatic rings. The first-order valence-corrected chi connectivity index (χ1v) is 7.78. The van der Waals surface area contributed by atoms with E-state index in [2.05, 4.69) is 28.9 Å². The maximum Gasteiger partial charge on any atom is 0.125 e. The first-order chi connectivity index (χ1) is 9.16. The second-order valence-corrected chi connectivity index (χ2v) is 6.74. The van der Waals surface area contributed by atoms with Crippen molar-refractivity contribution < 1.29 is 4.74 Å². The molecule has 0 saturated carbocycles. The van der Waals surface area contributed by atoms with E-state index in [4.69, 9.17) is 15.5 Å². The minimum atomic E-state index is -0.0126. The predicted octanol–water partition coefficient (Wildman–Crippen LogP) is 3.11. The number of hydrogen-bond donors (Lipinski definition) is 1. The molecule has 0 amide bonds. The van der Waals surface area contributed by atoms with Gasteiger partial charge in [-0.15, -0.1) is 11.3 Å². The fourth-order valence-electron chi connectivity index (χ4n) is 2.33. The molecule has 2 aromatic rings. The molecule has 3 nitrogen and oxygen atoms in total. The third kappa shape index (κ3) is 2.14. The van der Waals surface area contributed by atoms with Crippen LogP contribution in [0.3, 0.4) is 0 Å². The Bertz CT molecular complexity index is 602. The summed E-state index contributed by atoms with van der Waals surface area (Å²) in [6.45, 7) is 4.09. The number of halogens is 1. The Morgan fingerprint density at radius 1 is 1.42 bits per heavy atom. The molecule has 0 atom stereocenters. The quantitative estimate of drug-likeness (QED) is 0.935. The molecule has 3 rings (SSSR count). The van der Waals surface area contributed by atoms with Crippen LogP contribution < -0.4 is 5.73 Å². The Kier molecular flexibility index (Phi) is 3.47. The summed E-state index contributed by atoms with van der Waals surface area (Å²) >= 11 is 5.32. The number of hydrogen-bond acceptors (Lipinski definition) is 4. The van der Waals surface area contributed by atoms with Gasteiger partial charge in [0.15, 0.2) is 0 Å². The zero-order valence-corrected chi connectivity index (χ0v) is 13.1. The van der Waals surface area contributed by atoms with E-state index in [1.807, 2.05) is 18.2 Å². The van der Waals surface area contributed by atoms with Crippen LogP contribution in [-0.4, -0.2) is 24.7 Å². The van der Waals surface area contributed by atoms with Gasteiger partial charge in [-0.25, -0.2) is 4.98 Å². The number of benzene rings is 1. The number of nitrogens with zero attached hydrogens (tertiary/aromatic N) is 1. The van der Waals surface area contributed by atoms with E-state index in [0.29, 0.717) is 19.8 Å². The minimum absolute atomic E-state index is 0.0126. The van der Waals surface area contributed by atoms with Crippen molar-refractivity contribution in [2.75, 3.05) is 19.8 Å². The Hall–Kier alpha value is -0.750. The summed E-state index contributed by atoms with van der Waals surface area (Å²) < 4.78 is 6.44. The van der Waals surface area contributed by atoms with Gasteiger partial charge in [0, 0.05) is 21.5 Å². The molecule has 0 bridgehead atoms. The molecule has 100 valence electrons. The molecular formula is C14H15BrN2OS. The third-order valence-corrected chi connectivity index (χ3v) is 5.66. The van der Waals surface area contributed by atoms with Crippen LogP contribution in [0.1, 0.15) is 10.6 Å². The van der Waals surface area contributed by atoms with Crippen molar-refractivity contribution in [1.29, 1.82) is 0 Å². The van der Waals surface area contributed by atoms with Gasteiger partial charge in [-0.05, 0) is 13.0 Å². The molecule has 0 spiro atoms. The van der Waals surface area contributed by atoms with E-state index in [-0.39, 0.29) is 5.41 Å². The molecule has 19 heavy (non-hydrogen) atoms. The van der Waals surface area contributed by atoms with Crippen molar-refractivity contribution in [3.8, 4) is 10.6 Å². The first-order valence-electron chi connectivity index (χ1n) is 6.17. The van der Waals surface area contributed by atoms with Crippen molar-refractivity contribution in [2.24, 2.45) is 5.73 Å².